The van der Waals surface area contributed by atoms with Crippen LogP contribution in [0.5, 0.6) is 0 Å². The molecule has 0 saturated heterocycles. The third kappa shape index (κ3) is 2.43. The lowest BCUT2D eigenvalue weighted by Crippen LogP contribution is -2.11. The van der Waals surface area contributed by atoms with Gasteiger partial charge in [-0.1, -0.05) is 11.6 Å². The van der Waals surface area contributed by atoms with Crippen molar-refractivity contribution in [3.05, 3.63) is 45.6 Å². The second-order valence-corrected chi connectivity index (χ2v) is 6.26. The Balaban J connectivity index is 2.19. The summed E-state index contributed by atoms with van der Waals surface area (Å²) in [5, 5.41) is 3.75. The number of fused-ring (bicyclic) bond motifs is 1. The van der Waals surface area contributed by atoms with Crippen LogP contribution in [-0.2, 0) is 6.42 Å². The Labute approximate surface area is 131 Å². The molecular formula is C14H13Cl2N3S. The zero-order valence-electron chi connectivity index (χ0n) is 10.9. The molecule has 0 aliphatic carbocycles. The molecule has 0 bridgehead atoms. The highest BCUT2D eigenvalue weighted by Crippen LogP contribution is 2.29. The molecule has 20 heavy (non-hydrogen) atoms. The third-order valence-corrected chi connectivity index (χ3v) is 4.61. The van der Waals surface area contributed by atoms with Gasteiger partial charge in [-0.2, -0.15) is 0 Å². The number of nitrogens with zero attached hydrogens (tertiary/aromatic N) is 3. The minimum atomic E-state index is 0.122. The van der Waals surface area contributed by atoms with Crippen molar-refractivity contribution in [2.45, 2.75) is 19.4 Å². The van der Waals surface area contributed by atoms with E-state index in [-0.39, 0.29) is 6.04 Å². The van der Waals surface area contributed by atoms with Gasteiger partial charge in [0.1, 0.15) is 10.8 Å². The van der Waals surface area contributed by atoms with E-state index in [2.05, 4.69) is 21.5 Å². The van der Waals surface area contributed by atoms with Crippen LogP contribution in [0, 0.1) is 0 Å². The highest BCUT2D eigenvalue weighted by atomic mass is 35.5. The van der Waals surface area contributed by atoms with E-state index >= 15 is 0 Å². The number of alkyl halides is 1. The summed E-state index contributed by atoms with van der Waals surface area (Å²) < 4.78 is 2.18. The summed E-state index contributed by atoms with van der Waals surface area (Å²) in [5.41, 5.74) is 1.97. The minimum absolute atomic E-state index is 0.122. The highest BCUT2D eigenvalue weighted by Gasteiger charge is 2.18. The fourth-order valence-corrected chi connectivity index (χ4v) is 3.38. The largest absolute Gasteiger partial charge is 0.318 e. The SMILES string of the molecule is CC(c1nccs1)n1c(CCCl)nc2ccc(Cl)cc21. The average molecular weight is 326 g/mol. The summed E-state index contributed by atoms with van der Waals surface area (Å²) in [6.45, 7) is 2.12. The van der Waals surface area contributed by atoms with E-state index in [0.29, 0.717) is 10.9 Å². The summed E-state index contributed by atoms with van der Waals surface area (Å²) in [7, 11) is 0. The van der Waals surface area contributed by atoms with Crippen molar-refractivity contribution in [2.24, 2.45) is 0 Å². The predicted octanol–water partition coefficient (Wildman–Crippen LogP) is 4.54. The Morgan fingerprint density at radius 3 is 2.95 bits per heavy atom. The summed E-state index contributed by atoms with van der Waals surface area (Å²) in [4.78, 5) is 9.08. The lowest BCUT2D eigenvalue weighted by molar-refractivity contribution is 0.620. The molecule has 3 nitrogen and oxygen atoms in total. The Morgan fingerprint density at radius 2 is 2.25 bits per heavy atom. The first-order valence-electron chi connectivity index (χ1n) is 6.32. The van der Waals surface area contributed by atoms with Crippen molar-refractivity contribution in [1.82, 2.24) is 14.5 Å². The fourth-order valence-electron chi connectivity index (χ4n) is 2.36. The summed E-state index contributed by atoms with van der Waals surface area (Å²) >= 11 is 13.7. The number of hydrogen-bond acceptors (Lipinski definition) is 3. The molecule has 0 amide bonds. The first-order valence-corrected chi connectivity index (χ1v) is 8.11. The third-order valence-electron chi connectivity index (χ3n) is 3.24. The Morgan fingerprint density at radius 1 is 1.40 bits per heavy atom. The molecule has 0 saturated carbocycles. The zero-order valence-corrected chi connectivity index (χ0v) is 13.2. The van der Waals surface area contributed by atoms with Crippen molar-refractivity contribution >= 4 is 45.6 Å². The van der Waals surface area contributed by atoms with Gasteiger partial charge in [0.25, 0.3) is 0 Å². The molecule has 6 heteroatoms. The smallest absolute Gasteiger partial charge is 0.115 e. The van der Waals surface area contributed by atoms with Crippen molar-refractivity contribution < 1.29 is 0 Å². The molecule has 1 aromatic carbocycles. The monoisotopic (exact) mass is 325 g/mol. The molecule has 104 valence electrons. The average Bonchev–Trinajstić information content (AvgIpc) is 3.05. The van der Waals surface area contributed by atoms with Crippen LogP contribution in [-0.4, -0.2) is 20.4 Å². The maximum Gasteiger partial charge on any atom is 0.115 e. The van der Waals surface area contributed by atoms with Gasteiger partial charge in [0.2, 0.25) is 0 Å². The van der Waals surface area contributed by atoms with Gasteiger partial charge in [-0.05, 0) is 25.1 Å². The molecular weight excluding hydrogens is 313 g/mol. The predicted molar refractivity (Wildman–Crippen MR) is 85.1 cm³/mol. The van der Waals surface area contributed by atoms with E-state index in [1.807, 2.05) is 29.8 Å². The maximum atomic E-state index is 6.13. The van der Waals surface area contributed by atoms with Gasteiger partial charge in [-0.15, -0.1) is 22.9 Å². The maximum absolute atomic E-state index is 6.13. The van der Waals surface area contributed by atoms with Gasteiger partial charge < -0.3 is 4.57 Å². The molecule has 0 N–H and O–H groups in total. The Kier molecular flexibility index (Phi) is 3.96. The van der Waals surface area contributed by atoms with Crippen LogP contribution in [0.25, 0.3) is 11.0 Å². The van der Waals surface area contributed by atoms with E-state index in [9.17, 15) is 0 Å². The van der Waals surface area contributed by atoms with Crippen molar-refractivity contribution in [1.29, 1.82) is 0 Å². The van der Waals surface area contributed by atoms with Gasteiger partial charge in [-0.3, -0.25) is 0 Å². The van der Waals surface area contributed by atoms with Gasteiger partial charge in [0, 0.05) is 28.9 Å². The number of aromatic nitrogens is 3. The van der Waals surface area contributed by atoms with Gasteiger partial charge in [0.15, 0.2) is 0 Å². The zero-order chi connectivity index (χ0) is 14.1. The first kappa shape index (κ1) is 13.9. The number of imidazole rings is 1. The molecule has 0 aliphatic heterocycles. The van der Waals surface area contributed by atoms with Gasteiger partial charge in [0.05, 0.1) is 17.1 Å². The Hall–Kier alpha value is -1.10. The van der Waals surface area contributed by atoms with Crippen LogP contribution in [0.4, 0.5) is 0 Å². The van der Waals surface area contributed by atoms with Crippen LogP contribution in [0.2, 0.25) is 5.02 Å². The van der Waals surface area contributed by atoms with Gasteiger partial charge in [-0.25, -0.2) is 9.97 Å². The lowest BCUT2D eigenvalue weighted by atomic mass is 10.2. The van der Waals surface area contributed by atoms with E-state index in [1.165, 1.54) is 0 Å². The molecule has 1 unspecified atom stereocenters. The van der Waals surface area contributed by atoms with Crippen LogP contribution in [0.1, 0.15) is 23.8 Å². The number of rotatable bonds is 4. The summed E-state index contributed by atoms with van der Waals surface area (Å²) in [5.74, 6) is 1.52. The normalized spacial score (nSPS) is 12.9. The van der Waals surface area contributed by atoms with Crippen LogP contribution < -0.4 is 0 Å². The topological polar surface area (TPSA) is 30.7 Å². The number of aryl methyl sites for hydroxylation is 1. The number of hydrogen-bond donors (Lipinski definition) is 0. The molecule has 0 radical (unpaired) electrons. The molecule has 0 aliphatic rings. The van der Waals surface area contributed by atoms with Gasteiger partial charge >= 0.3 is 0 Å². The standard InChI is InChI=1S/C14H13Cl2N3S/c1-9(14-17-6-7-20-14)19-12-8-10(16)2-3-11(12)18-13(19)4-5-15/h2-3,6-9H,4-5H2,1H3. The first-order chi connectivity index (χ1) is 9.70. The van der Waals surface area contributed by atoms with E-state index in [0.717, 1.165) is 28.3 Å². The molecule has 0 spiro atoms. The number of benzene rings is 1. The van der Waals surface area contributed by atoms with Crippen molar-refractivity contribution in [2.75, 3.05) is 5.88 Å². The van der Waals surface area contributed by atoms with E-state index in [1.54, 1.807) is 11.3 Å². The Bertz CT molecular complexity index is 721. The van der Waals surface area contributed by atoms with Crippen molar-refractivity contribution in [3.8, 4) is 0 Å². The lowest BCUT2D eigenvalue weighted by Gasteiger charge is -2.15. The van der Waals surface area contributed by atoms with Crippen LogP contribution in [0.15, 0.2) is 29.8 Å². The van der Waals surface area contributed by atoms with Crippen molar-refractivity contribution in [3.63, 3.8) is 0 Å². The van der Waals surface area contributed by atoms with Crippen LogP contribution in [0.3, 0.4) is 0 Å². The second kappa shape index (κ2) is 5.72. The number of halogens is 2. The molecule has 2 aromatic heterocycles. The number of thiazole rings is 1. The quantitative estimate of drug-likeness (QED) is 0.659. The minimum Gasteiger partial charge on any atom is -0.318 e. The van der Waals surface area contributed by atoms with Crippen LogP contribution >= 0.6 is 34.5 Å². The highest BCUT2D eigenvalue weighted by molar-refractivity contribution is 7.09. The second-order valence-electron chi connectivity index (χ2n) is 4.52. The van der Waals surface area contributed by atoms with E-state index < -0.39 is 0 Å². The molecule has 0 fully saturated rings. The fraction of sp³-hybridized carbons (Fsp3) is 0.286. The molecule has 3 rings (SSSR count). The molecule has 2 heterocycles. The molecule has 3 aromatic rings. The summed E-state index contributed by atoms with van der Waals surface area (Å²) in [6, 6.07) is 5.88. The van der Waals surface area contributed by atoms with E-state index in [4.69, 9.17) is 23.2 Å². The molecule has 1 atom stereocenters. The summed E-state index contributed by atoms with van der Waals surface area (Å²) in [6.07, 6.45) is 2.55.